The summed E-state index contributed by atoms with van der Waals surface area (Å²) in [6.07, 6.45) is 2.07. The first-order chi connectivity index (χ1) is 17.4. The Morgan fingerprint density at radius 3 is 2.72 bits per heavy atom. The monoisotopic (exact) mass is 520 g/mol. The Labute approximate surface area is 214 Å². The highest BCUT2D eigenvalue weighted by molar-refractivity contribution is 8.15. The van der Waals surface area contributed by atoms with Crippen molar-refractivity contribution in [3.8, 4) is 0 Å². The van der Waals surface area contributed by atoms with Crippen LogP contribution >= 0.6 is 23.1 Å². The summed E-state index contributed by atoms with van der Waals surface area (Å²) in [5.41, 5.74) is 2.47. The first-order valence-corrected chi connectivity index (χ1v) is 12.8. The van der Waals surface area contributed by atoms with Crippen LogP contribution in [0.4, 0.5) is 5.13 Å². The molecule has 11 heteroatoms. The molecule has 9 nitrogen and oxygen atoms in total. The molecule has 2 aliphatic rings. The third-order valence-electron chi connectivity index (χ3n) is 5.89. The quantitative estimate of drug-likeness (QED) is 0.378. The van der Waals surface area contributed by atoms with E-state index in [0.717, 1.165) is 17.3 Å². The standard InChI is InChI=1S/C25H20N4O5S2/c30-19-9-8-18(22(32)27-19)29-13-16-7-6-14(10-17(16)23(29)33)11-20(31)28-25-26-12-21(36-25)35-24(34)15-4-2-1-3-5-15/h1-7,10,12,18H,8-9,11,13H2,(H,26,28,31)(H,27,30,32). The van der Waals surface area contributed by atoms with E-state index in [1.165, 1.54) is 16.2 Å². The Morgan fingerprint density at radius 2 is 1.94 bits per heavy atom. The predicted octanol–water partition coefficient (Wildman–Crippen LogP) is 3.02. The first-order valence-electron chi connectivity index (χ1n) is 11.2. The van der Waals surface area contributed by atoms with Crippen molar-refractivity contribution in [3.63, 3.8) is 0 Å². The van der Waals surface area contributed by atoms with E-state index in [2.05, 4.69) is 15.6 Å². The summed E-state index contributed by atoms with van der Waals surface area (Å²) < 4.78 is 0.663. The maximum atomic E-state index is 13.0. The molecule has 0 radical (unpaired) electrons. The minimum Gasteiger partial charge on any atom is -0.322 e. The Morgan fingerprint density at radius 1 is 1.14 bits per heavy atom. The van der Waals surface area contributed by atoms with Crippen LogP contribution in [0, 0.1) is 0 Å². The van der Waals surface area contributed by atoms with Crippen LogP contribution in [0.3, 0.4) is 0 Å². The Kier molecular flexibility index (Phi) is 6.66. The second kappa shape index (κ2) is 10.0. The van der Waals surface area contributed by atoms with Gasteiger partial charge in [-0.2, -0.15) is 0 Å². The van der Waals surface area contributed by atoms with Gasteiger partial charge in [0.25, 0.3) is 5.91 Å². The van der Waals surface area contributed by atoms with Crippen LogP contribution in [0.1, 0.15) is 44.7 Å². The Bertz CT molecular complexity index is 1390. The van der Waals surface area contributed by atoms with Gasteiger partial charge >= 0.3 is 0 Å². The zero-order valence-electron chi connectivity index (χ0n) is 18.9. The normalized spacial score (nSPS) is 17.1. The lowest BCUT2D eigenvalue weighted by molar-refractivity contribution is -0.137. The van der Waals surface area contributed by atoms with Crippen molar-refractivity contribution in [1.82, 2.24) is 15.2 Å². The van der Waals surface area contributed by atoms with E-state index < -0.39 is 11.9 Å². The van der Waals surface area contributed by atoms with E-state index in [1.54, 1.807) is 48.7 Å². The number of carbonyl (C=O) groups is 5. The summed E-state index contributed by atoms with van der Waals surface area (Å²) in [6, 6.07) is 13.5. The van der Waals surface area contributed by atoms with Crippen LogP contribution in [-0.4, -0.2) is 44.7 Å². The third kappa shape index (κ3) is 5.07. The van der Waals surface area contributed by atoms with Crippen LogP contribution in [0.5, 0.6) is 0 Å². The highest BCUT2D eigenvalue weighted by Gasteiger charge is 2.39. The van der Waals surface area contributed by atoms with Gasteiger partial charge in [0.15, 0.2) is 5.13 Å². The molecular weight excluding hydrogens is 500 g/mol. The molecule has 36 heavy (non-hydrogen) atoms. The van der Waals surface area contributed by atoms with E-state index in [4.69, 9.17) is 0 Å². The van der Waals surface area contributed by atoms with Gasteiger partial charge in [0.05, 0.1) is 16.8 Å². The number of carbonyl (C=O) groups excluding carboxylic acids is 5. The second-order valence-corrected chi connectivity index (χ2v) is 10.7. The summed E-state index contributed by atoms with van der Waals surface area (Å²) in [7, 11) is 0. The number of piperidine rings is 1. The number of imide groups is 1. The van der Waals surface area contributed by atoms with E-state index in [1.807, 2.05) is 6.07 Å². The summed E-state index contributed by atoms with van der Waals surface area (Å²) in [5, 5.41) is 5.30. The molecule has 1 fully saturated rings. The Balaban J connectivity index is 1.19. The van der Waals surface area contributed by atoms with Gasteiger partial charge in [-0.25, -0.2) is 4.98 Å². The molecule has 1 atom stereocenters. The average Bonchev–Trinajstić information content (AvgIpc) is 3.43. The van der Waals surface area contributed by atoms with Crippen LogP contribution in [0.25, 0.3) is 0 Å². The summed E-state index contributed by atoms with van der Waals surface area (Å²) in [6.45, 7) is 0.286. The molecule has 2 aliphatic heterocycles. The molecule has 0 bridgehead atoms. The lowest BCUT2D eigenvalue weighted by atomic mass is 10.0. The molecule has 1 saturated heterocycles. The lowest BCUT2D eigenvalue weighted by Gasteiger charge is -2.29. The van der Waals surface area contributed by atoms with Crippen molar-refractivity contribution in [3.05, 3.63) is 77.0 Å². The highest BCUT2D eigenvalue weighted by atomic mass is 32.2. The van der Waals surface area contributed by atoms with Crippen LogP contribution in [0.15, 0.2) is 58.9 Å². The van der Waals surface area contributed by atoms with Gasteiger partial charge in [0.1, 0.15) is 6.04 Å². The van der Waals surface area contributed by atoms with Crippen molar-refractivity contribution in [2.75, 3.05) is 5.32 Å². The summed E-state index contributed by atoms with van der Waals surface area (Å²) in [5.74, 6) is -1.38. The van der Waals surface area contributed by atoms with E-state index in [9.17, 15) is 24.0 Å². The van der Waals surface area contributed by atoms with Gasteiger partial charge in [-0.1, -0.05) is 53.8 Å². The third-order valence-corrected chi connectivity index (χ3v) is 7.83. The smallest absolute Gasteiger partial charge is 0.255 e. The number of amides is 4. The highest BCUT2D eigenvalue weighted by Crippen LogP contribution is 2.31. The van der Waals surface area contributed by atoms with Gasteiger partial charge < -0.3 is 10.2 Å². The fourth-order valence-corrected chi connectivity index (χ4v) is 5.89. The average molecular weight is 521 g/mol. The van der Waals surface area contributed by atoms with Gasteiger partial charge in [-0.3, -0.25) is 29.3 Å². The van der Waals surface area contributed by atoms with E-state index in [-0.39, 0.29) is 42.2 Å². The number of nitrogens with one attached hydrogen (secondary N) is 2. The number of hydrogen-bond acceptors (Lipinski definition) is 8. The molecule has 1 unspecified atom stereocenters. The number of thiazole rings is 1. The topological polar surface area (TPSA) is 126 Å². The van der Waals surface area contributed by atoms with E-state index in [0.29, 0.717) is 32.5 Å². The molecule has 182 valence electrons. The fraction of sp³-hybridized carbons (Fsp3) is 0.200. The number of fused-ring (bicyclic) bond motifs is 1. The molecule has 1 aromatic heterocycles. The predicted molar refractivity (Wildman–Crippen MR) is 134 cm³/mol. The number of nitrogens with zero attached hydrogens (tertiary/aromatic N) is 2. The van der Waals surface area contributed by atoms with Crippen molar-refractivity contribution in [2.24, 2.45) is 0 Å². The fourth-order valence-electron chi connectivity index (χ4n) is 4.15. The van der Waals surface area contributed by atoms with Crippen LogP contribution in [-0.2, 0) is 27.3 Å². The molecule has 4 amide bonds. The van der Waals surface area contributed by atoms with E-state index >= 15 is 0 Å². The largest absolute Gasteiger partial charge is 0.322 e. The number of aromatic nitrogens is 1. The van der Waals surface area contributed by atoms with Gasteiger partial charge in [-0.15, -0.1) is 0 Å². The van der Waals surface area contributed by atoms with Crippen LogP contribution < -0.4 is 10.6 Å². The van der Waals surface area contributed by atoms with Gasteiger partial charge in [0.2, 0.25) is 22.8 Å². The minimum atomic E-state index is -0.680. The molecule has 2 N–H and O–H groups in total. The molecule has 0 saturated carbocycles. The minimum absolute atomic E-state index is 0.0317. The number of anilines is 1. The number of thioether (sulfide) groups is 1. The summed E-state index contributed by atoms with van der Waals surface area (Å²) >= 11 is 2.26. The zero-order chi connectivity index (χ0) is 25.2. The number of benzene rings is 2. The molecule has 2 aromatic carbocycles. The zero-order valence-corrected chi connectivity index (χ0v) is 20.5. The van der Waals surface area contributed by atoms with Gasteiger partial charge in [0, 0.05) is 24.1 Å². The lowest BCUT2D eigenvalue weighted by Crippen LogP contribution is -2.52. The molecular formula is C25H20N4O5S2. The van der Waals surface area contributed by atoms with Crippen molar-refractivity contribution < 1.29 is 24.0 Å². The molecule has 0 spiro atoms. The number of rotatable bonds is 6. The second-order valence-electron chi connectivity index (χ2n) is 8.36. The molecule has 5 rings (SSSR count). The molecule has 3 aromatic rings. The van der Waals surface area contributed by atoms with Crippen LogP contribution in [0.2, 0.25) is 0 Å². The first kappa shape index (κ1) is 23.9. The Hall–Kier alpha value is -3.83. The van der Waals surface area contributed by atoms with Crippen molar-refractivity contribution in [2.45, 2.75) is 36.1 Å². The number of hydrogen-bond donors (Lipinski definition) is 2. The molecule has 0 aliphatic carbocycles. The maximum absolute atomic E-state index is 13.0. The summed E-state index contributed by atoms with van der Waals surface area (Å²) in [4.78, 5) is 67.2. The van der Waals surface area contributed by atoms with Gasteiger partial charge in [-0.05, 0) is 35.4 Å². The van der Waals surface area contributed by atoms with Crippen molar-refractivity contribution in [1.29, 1.82) is 0 Å². The van der Waals surface area contributed by atoms with Crippen molar-refractivity contribution >= 4 is 57.0 Å². The SMILES string of the molecule is O=C1CCC(N2Cc3ccc(CC(=O)Nc4ncc(SC(=O)c5ccccc5)s4)cc3C2=O)C(=O)N1. The maximum Gasteiger partial charge on any atom is 0.255 e. The molecule has 3 heterocycles.